The van der Waals surface area contributed by atoms with Gasteiger partial charge in [0.25, 0.3) is 0 Å². The Morgan fingerprint density at radius 3 is 3.04 bits per heavy atom. The first-order valence-corrected chi connectivity index (χ1v) is 9.23. The average Bonchev–Trinajstić information content (AvgIpc) is 3.19. The predicted molar refractivity (Wildman–Crippen MR) is 99.6 cm³/mol. The summed E-state index contributed by atoms with van der Waals surface area (Å²) in [5, 5.41) is 0.638. The molecule has 4 aromatic rings. The number of thiazole rings is 1. The Morgan fingerprint density at radius 1 is 1.35 bits per heavy atom. The van der Waals surface area contributed by atoms with E-state index in [4.69, 9.17) is 10.5 Å². The van der Waals surface area contributed by atoms with E-state index in [9.17, 15) is 4.39 Å². The fourth-order valence-corrected chi connectivity index (χ4v) is 4.53. The molecule has 4 rings (SSSR count). The Labute approximate surface area is 155 Å². The average molecular weight is 388 g/mol. The van der Waals surface area contributed by atoms with E-state index in [1.54, 1.807) is 12.1 Å². The molecule has 3 aromatic heterocycles. The Morgan fingerprint density at radius 2 is 2.23 bits per heavy atom. The van der Waals surface area contributed by atoms with Crippen molar-refractivity contribution < 1.29 is 9.13 Å². The van der Waals surface area contributed by atoms with Crippen LogP contribution in [-0.2, 0) is 11.3 Å². The molecular formula is C16H13FN6OS2. The molecule has 10 heteroatoms. The number of halogens is 1. The summed E-state index contributed by atoms with van der Waals surface area (Å²) in [6, 6.07) is 4.85. The van der Waals surface area contributed by atoms with Gasteiger partial charge in [0, 0.05) is 0 Å². The molecule has 1 aromatic carbocycles. The monoisotopic (exact) mass is 388 g/mol. The lowest BCUT2D eigenvalue weighted by Crippen LogP contribution is -2.06. The van der Waals surface area contributed by atoms with Crippen LogP contribution in [0.15, 0.2) is 46.9 Å². The lowest BCUT2D eigenvalue weighted by molar-refractivity contribution is 0.234. The van der Waals surface area contributed by atoms with E-state index in [2.05, 4.69) is 26.5 Å². The number of anilines is 1. The molecule has 0 saturated heterocycles. The highest BCUT2D eigenvalue weighted by Crippen LogP contribution is 2.36. The molecule has 0 atom stereocenters. The normalized spacial score (nSPS) is 11.3. The molecule has 132 valence electrons. The number of hydrogen-bond donors (Lipinski definition) is 1. The minimum absolute atomic E-state index is 0.283. The number of nitrogens with two attached hydrogens (primary N) is 1. The number of rotatable bonds is 6. The van der Waals surface area contributed by atoms with Gasteiger partial charge in [0.2, 0.25) is 0 Å². The van der Waals surface area contributed by atoms with Crippen molar-refractivity contribution in [3.63, 3.8) is 0 Å². The molecule has 0 aliphatic heterocycles. The number of hydrogen-bond acceptors (Lipinski definition) is 8. The number of fused-ring (bicyclic) bond motifs is 2. The van der Waals surface area contributed by atoms with Gasteiger partial charge in [0.1, 0.15) is 18.8 Å². The van der Waals surface area contributed by atoms with E-state index >= 15 is 0 Å². The third-order valence-corrected chi connectivity index (χ3v) is 5.74. The van der Waals surface area contributed by atoms with Gasteiger partial charge in [-0.25, -0.2) is 24.3 Å². The van der Waals surface area contributed by atoms with Crippen molar-refractivity contribution in [2.24, 2.45) is 0 Å². The van der Waals surface area contributed by atoms with Crippen molar-refractivity contribution in [2.75, 3.05) is 12.3 Å². The summed E-state index contributed by atoms with van der Waals surface area (Å²) >= 11 is 2.61. The highest BCUT2D eigenvalue weighted by molar-refractivity contribution is 8.01. The molecule has 0 aliphatic carbocycles. The highest BCUT2D eigenvalue weighted by atomic mass is 32.2. The second-order valence-corrected chi connectivity index (χ2v) is 7.40. The van der Waals surface area contributed by atoms with Gasteiger partial charge < -0.3 is 10.5 Å². The Balaban J connectivity index is 1.76. The smallest absolute Gasteiger partial charge is 0.177 e. The second-order valence-electron chi connectivity index (χ2n) is 5.18. The first kappa shape index (κ1) is 16.7. The van der Waals surface area contributed by atoms with Crippen LogP contribution in [-0.4, -0.2) is 31.1 Å². The lowest BCUT2D eigenvalue weighted by atomic mass is 10.3. The fraction of sp³-hybridized carbons (Fsp3) is 0.125. The maximum Gasteiger partial charge on any atom is 0.177 e. The number of nitrogens with zero attached hydrogens (tertiary/aromatic N) is 5. The van der Waals surface area contributed by atoms with Crippen molar-refractivity contribution >= 4 is 50.3 Å². The summed E-state index contributed by atoms with van der Waals surface area (Å²) < 4.78 is 22.2. The molecule has 2 N–H and O–H groups in total. The maximum absolute atomic E-state index is 13.9. The van der Waals surface area contributed by atoms with Gasteiger partial charge in [-0.1, -0.05) is 12.6 Å². The third-order valence-electron chi connectivity index (χ3n) is 3.60. The van der Waals surface area contributed by atoms with E-state index in [1.807, 2.05) is 4.57 Å². The van der Waals surface area contributed by atoms with Crippen LogP contribution in [0.1, 0.15) is 0 Å². The molecule has 0 amide bonds. The van der Waals surface area contributed by atoms with Gasteiger partial charge in [0.05, 0.1) is 23.0 Å². The van der Waals surface area contributed by atoms with Crippen molar-refractivity contribution in [1.82, 2.24) is 24.5 Å². The minimum atomic E-state index is -0.283. The Bertz CT molecular complexity index is 1110. The standard InChI is InChI=1S/C16H13FN6OS2/c1-2-24-7-6-23-14-11(13(18)19-8-20-14)22-15(23)26-16-21-10-5-3-4-9(17)12(10)25-16/h2-5,8H,1,6-7H2,(H2,18,19,20). The summed E-state index contributed by atoms with van der Waals surface area (Å²) in [7, 11) is 0. The molecule has 0 radical (unpaired) electrons. The van der Waals surface area contributed by atoms with Gasteiger partial charge in [-0.2, -0.15) is 0 Å². The first-order chi connectivity index (χ1) is 12.7. The zero-order valence-electron chi connectivity index (χ0n) is 13.4. The highest BCUT2D eigenvalue weighted by Gasteiger charge is 2.18. The number of ether oxygens (including phenoxy) is 1. The number of imidazole rings is 1. The summed E-state index contributed by atoms with van der Waals surface area (Å²) in [6.07, 6.45) is 2.78. The second kappa shape index (κ2) is 6.89. The van der Waals surface area contributed by atoms with Crippen LogP contribution in [0.2, 0.25) is 0 Å². The van der Waals surface area contributed by atoms with Gasteiger partial charge >= 0.3 is 0 Å². The zero-order valence-corrected chi connectivity index (χ0v) is 15.1. The summed E-state index contributed by atoms with van der Waals surface area (Å²) in [4.78, 5) is 17.3. The number of nitrogen functional groups attached to an aromatic ring is 1. The molecule has 0 fully saturated rings. The van der Waals surface area contributed by atoms with Crippen LogP contribution in [0.4, 0.5) is 10.2 Å². The Kier molecular flexibility index (Phi) is 4.43. The fourth-order valence-electron chi connectivity index (χ4n) is 2.46. The largest absolute Gasteiger partial charge is 0.500 e. The van der Waals surface area contributed by atoms with Crippen LogP contribution in [0.5, 0.6) is 0 Å². The number of benzene rings is 1. The van der Waals surface area contributed by atoms with Crippen LogP contribution in [0.25, 0.3) is 21.4 Å². The predicted octanol–water partition coefficient (Wildman–Crippen LogP) is 3.47. The molecule has 0 saturated carbocycles. The van der Waals surface area contributed by atoms with Gasteiger partial charge in [0.15, 0.2) is 26.5 Å². The molecule has 3 heterocycles. The summed E-state index contributed by atoms with van der Waals surface area (Å²) in [5.41, 5.74) is 7.67. The van der Waals surface area contributed by atoms with E-state index in [0.717, 1.165) is 0 Å². The van der Waals surface area contributed by atoms with E-state index < -0.39 is 0 Å². The SMILES string of the molecule is C=COCCn1c(Sc2nc3cccc(F)c3s2)nc2c(N)ncnc21. The van der Waals surface area contributed by atoms with Crippen LogP contribution < -0.4 is 5.73 Å². The van der Waals surface area contributed by atoms with Crippen molar-refractivity contribution in [2.45, 2.75) is 16.0 Å². The van der Waals surface area contributed by atoms with Gasteiger partial charge in [-0.05, 0) is 23.9 Å². The van der Waals surface area contributed by atoms with Crippen molar-refractivity contribution in [3.05, 3.63) is 43.2 Å². The molecule has 0 unspecified atom stereocenters. The topological polar surface area (TPSA) is 91.7 Å². The maximum atomic E-state index is 13.9. The van der Waals surface area contributed by atoms with Gasteiger partial charge in [-0.3, -0.25) is 4.57 Å². The van der Waals surface area contributed by atoms with E-state index in [-0.39, 0.29) is 5.82 Å². The lowest BCUT2D eigenvalue weighted by Gasteiger charge is -2.06. The quantitative estimate of drug-likeness (QED) is 0.399. The molecule has 0 spiro atoms. The number of aromatic nitrogens is 5. The van der Waals surface area contributed by atoms with E-state index in [1.165, 1.54) is 41.8 Å². The minimum Gasteiger partial charge on any atom is -0.500 e. The molecule has 26 heavy (non-hydrogen) atoms. The van der Waals surface area contributed by atoms with Crippen molar-refractivity contribution in [3.8, 4) is 0 Å². The summed E-state index contributed by atoms with van der Waals surface area (Å²) in [6.45, 7) is 4.44. The van der Waals surface area contributed by atoms with Crippen molar-refractivity contribution in [1.29, 1.82) is 0 Å². The molecule has 0 aliphatic rings. The summed E-state index contributed by atoms with van der Waals surface area (Å²) in [5.74, 6) is 0.0189. The Hall–Kier alpha value is -2.72. The van der Waals surface area contributed by atoms with Crippen LogP contribution >= 0.6 is 23.1 Å². The molecule has 7 nitrogen and oxygen atoms in total. The van der Waals surface area contributed by atoms with Gasteiger partial charge in [-0.15, -0.1) is 11.3 Å². The molecule has 0 bridgehead atoms. The van der Waals surface area contributed by atoms with Crippen LogP contribution in [0, 0.1) is 5.82 Å². The van der Waals surface area contributed by atoms with E-state index in [0.29, 0.717) is 49.8 Å². The zero-order chi connectivity index (χ0) is 18.1. The third kappa shape index (κ3) is 2.97. The first-order valence-electron chi connectivity index (χ1n) is 7.59. The molecular weight excluding hydrogens is 375 g/mol. The van der Waals surface area contributed by atoms with Crippen LogP contribution in [0.3, 0.4) is 0 Å².